The highest BCUT2D eigenvalue weighted by atomic mass is 35.5. The fraction of sp³-hybridized carbons (Fsp3) is 0.636. The van der Waals surface area contributed by atoms with Crippen molar-refractivity contribution in [2.24, 2.45) is 0 Å². The van der Waals surface area contributed by atoms with Crippen molar-refractivity contribution >= 4 is 23.1 Å². The molecule has 0 spiro atoms. The largest absolute Gasteiger partial charge is 0.393 e. The van der Waals surface area contributed by atoms with E-state index in [-0.39, 0.29) is 0 Å². The molecule has 2 heterocycles. The summed E-state index contributed by atoms with van der Waals surface area (Å²) in [6, 6.07) is 0.929. The van der Waals surface area contributed by atoms with Crippen LogP contribution in [-0.2, 0) is 0 Å². The number of halogens is 1. The lowest BCUT2D eigenvalue weighted by molar-refractivity contribution is 0.169. The molecule has 0 bridgehead atoms. The molecule has 0 aliphatic carbocycles. The molecule has 1 aromatic rings. The molecule has 2 unspecified atom stereocenters. The lowest BCUT2D eigenvalue weighted by Gasteiger charge is -2.43. The summed E-state index contributed by atoms with van der Waals surface area (Å²) < 4.78 is 0. The second kappa shape index (κ2) is 4.66. The van der Waals surface area contributed by atoms with Crippen molar-refractivity contribution in [3.8, 4) is 0 Å². The van der Waals surface area contributed by atoms with Gasteiger partial charge in [0.1, 0.15) is 12.0 Å². The highest BCUT2D eigenvalue weighted by Gasteiger charge is 2.28. The molecule has 0 saturated carbocycles. The minimum atomic E-state index is 0.328. The predicted molar refractivity (Wildman–Crippen MR) is 70.4 cm³/mol. The van der Waals surface area contributed by atoms with E-state index in [0.717, 1.165) is 18.9 Å². The van der Waals surface area contributed by atoms with E-state index in [2.05, 4.69) is 40.7 Å². The molecule has 1 saturated heterocycles. The maximum atomic E-state index is 5.93. The van der Waals surface area contributed by atoms with Crippen LogP contribution in [0.25, 0.3) is 0 Å². The first-order valence-corrected chi connectivity index (χ1v) is 6.11. The number of nitrogens with zero attached hydrogens (tertiary/aromatic N) is 4. The van der Waals surface area contributed by atoms with E-state index in [1.165, 1.54) is 6.33 Å². The van der Waals surface area contributed by atoms with Gasteiger partial charge in [-0.05, 0) is 20.9 Å². The molecule has 2 rings (SSSR count). The number of nitrogen functional groups attached to an aromatic ring is 1. The summed E-state index contributed by atoms with van der Waals surface area (Å²) in [5, 5.41) is 0.328. The van der Waals surface area contributed by atoms with Gasteiger partial charge in [-0.1, -0.05) is 11.6 Å². The normalized spacial score (nSPS) is 26.2. The van der Waals surface area contributed by atoms with Crippen LogP contribution < -0.4 is 10.6 Å². The Morgan fingerprint density at radius 1 is 1.29 bits per heavy atom. The number of piperazine rings is 1. The molecular weight excluding hydrogens is 238 g/mol. The van der Waals surface area contributed by atoms with E-state index in [9.17, 15) is 0 Å². The van der Waals surface area contributed by atoms with Gasteiger partial charge in [-0.2, -0.15) is 0 Å². The maximum absolute atomic E-state index is 5.93. The van der Waals surface area contributed by atoms with Gasteiger partial charge in [-0.15, -0.1) is 0 Å². The number of hydrogen-bond donors (Lipinski definition) is 1. The Balaban J connectivity index is 2.26. The van der Waals surface area contributed by atoms with Crippen LogP contribution in [0.4, 0.5) is 11.5 Å². The number of likely N-dealkylation sites (N-methyl/N-ethyl adjacent to an activating group) is 1. The van der Waals surface area contributed by atoms with Crippen molar-refractivity contribution in [1.29, 1.82) is 0 Å². The number of aromatic nitrogens is 2. The molecule has 1 aliphatic heterocycles. The van der Waals surface area contributed by atoms with Gasteiger partial charge in [0.05, 0.1) is 0 Å². The van der Waals surface area contributed by atoms with Crippen LogP contribution in [0.1, 0.15) is 13.8 Å². The molecule has 1 aromatic heterocycles. The van der Waals surface area contributed by atoms with Gasteiger partial charge in [0.25, 0.3) is 0 Å². The topological polar surface area (TPSA) is 58.3 Å². The number of hydrogen-bond acceptors (Lipinski definition) is 5. The minimum Gasteiger partial charge on any atom is -0.393 e. The first-order chi connectivity index (χ1) is 8.00. The van der Waals surface area contributed by atoms with Gasteiger partial charge in [0.2, 0.25) is 0 Å². The third-order valence-corrected chi connectivity index (χ3v) is 3.77. The summed E-state index contributed by atoms with van der Waals surface area (Å²) in [6.07, 6.45) is 1.46. The van der Waals surface area contributed by atoms with E-state index < -0.39 is 0 Å². The predicted octanol–water partition coefficient (Wildman–Crippen LogP) is 1.24. The molecule has 2 atom stereocenters. The van der Waals surface area contributed by atoms with Gasteiger partial charge in [-0.25, -0.2) is 9.97 Å². The highest BCUT2D eigenvalue weighted by Crippen LogP contribution is 2.28. The molecule has 94 valence electrons. The number of anilines is 2. The van der Waals surface area contributed by atoms with E-state index >= 15 is 0 Å². The Kier molecular flexibility index (Phi) is 3.40. The highest BCUT2D eigenvalue weighted by molar-refractivity contribution is 6.32. The second-order valence-corrected chi connectivity index (χ2v) is 5.03. The molecule has 0 radical (unpaired) electrons. The van der Waals surface area contributed by atoms with Crippen molar-refractivity contribution in [2.75, 3.05) is 30.8 Å². The van der Waals surface area contributed by atoms with Crippen molar-refractivity contribution in [1.82, 2.24) is 14.9 Å². The Hall–Kier alpha value is -1.07. The molecule has 6 heteroatoms. The van der Waals surface area contributed by atoms with E-state index in [0.29, 0.717) is 22.9 Å². The van der Waals surface area contributed by atoms with Gasteiger partial charge < -0.3 is 10.6 Å². The summed E-state index contributed by atoms with van der Waals surface area (Å²) in [7, 11) is 2.14. The monoisotopic (exact) mass is 255 g/mol. The quantitative estimate of drug-likeness (QED) is 0.766. The fourth-order valence-electron chi connectivity index (χ4n) is 2.19. The van der Waals surface area contributed by atoms with Gasteiger partial charge in [0, 0.05) is 25.2 Å². The van der Waals surface area contributed by atoms with Crippen molar-refractivity contribution in [3.63, 3.8) is 0 Å². The van der Waals surface area contributed by atoms with Gasteiger partial charge in [0.15, 0.2) is 11.0 Å². The minimum absolute atomic E-state index is 0.328. The molecule has 1 aliphatic rings. The fourth-order valence-corrected chi connectivity index (χ4v) is 2.32. The Bertz CT molecular complexity index is 399. The van der Waals surface area contributed by atoms with Crippen LogP contribution in [-0.4, -0.2) is 47.1 Å². The van der Waals surface area contributed by atoms with Crippen molar-refractivity contribution < 1.29 is 0 Å². The summed E-state index contributed by atoms with van der Waals surface area (Å²) >= 11 is 5.92. The van der Waals surface area contributed by atoms with Gasteiger partial charge in [-0.3, -0.25) is 4.90 Å². The first-order valence-electron chi connectivity index (χ1n) is 5.73. The summed E-state index contributed by atoms with van der Waals surface area (Å²) in [5.41, 5.74) is 6.40. The lowest BCUT2D eigenvalue weighted by atomic mass is 10.1. The van der Waals surface area contributed by atoms with E-state index in [1.54, 1.807) is 0 Å². The average molecular weight is 256 g/mol. The zero-order valence-corrected chi connectivity index (χ0v) is 11.1. The molecule has 0 aromatic carbocycles. The maximum Gasteiger partial charge on any atom is 0.157 e. The van der Waals surface area contributed by atoms with Crippen LogP contribution in [0.2, 0.25) is 5.15 Å². The molecule has 1 fully saturated rings. The summed E-state index contributed by atoms with van der Waals surface area (Å²) in [6.45, 7) is 6.19. The summed E-state index contributed by atoms with van der Waals surface area (Å²) in [5.74, 6) is 0.747. The third-order valence-electron chi connectivity index (χ3n) is 3.47. The Morgan fingerprint density at radius 3 is 2.47 bits per heavy atom. The molecule has 2 N–H and O–H groups in total. The second-order valence-electron chi connectivity index (χ2n) is 4.67. The van der Waals surface area contributed by atoms with Crippen molar-refractivity contribution in [3.05, 3.63) is 11.5 Å². The Morgan fingerprint density at radius 2 is 1.88 bits per heavy atom. The van der Waals surface area contributed by atoms with Gasteiger partial charge >= 0.3 is 0 Å². The standard InChI is InChI=1S/C11H18ClN5/c1-7-4-17(5-8(2)16(7)3)11-9(13)10(12)14-6-15-11/h6-8H,4-5,13H2,1-3H3. The smallest absolute Gasteiger partial charge is 0.157 e. The molecule has 0 amide bonds. The van der Waals surface area contributed by atoms with Crippen molar-refractivity contribution in [2.45, 2.75) is 25.9 Å². The molecule has 17 heavy (non-hydrogen) atoms. The SMILES string of the molecule is CC1CN(c2ncnc(Cl)c2N)CC(C)N1C. The average Bonchev–Trinajstić information content (AvgIpc) is 2.29. The van der Waals surface area contributed by atoms with Crippen LogP contribution in [0.3, 0.4) is 0 Å². The Labute approximate surface area is 107 Å². The molecule has 5 nitrogen and oxygen atoms in total. The van der Waals surface area contributed by atoms with Crippen LogP contribution in [0.5, 0.6) is 0 Å². The number of nitrogens with two attached hydrogens (primary N) is 1. The van der Waals surface area contributed by atoms with Crippen LogP contribution in [0.15, 0.2) is 6.33 Å². The number of rotatable bonds is 1. The molecular formula is C11H18ClN5. The third kappa shape index (κ3) is 2.30. The zero-order chi connectivity index (χ0) is 12.6. The zero-order valence-electron chi connectivity index (χ0n) is 10.4. The van der Waals surface area contributed by atoms with Crippen LogP contribution >= 0.6 is 11.6 Å². The summed E-state index contributed by atoms with van der Waals surface area (Å²) in [4.78, 5) is 12.7. The van der Waals surface area contributed by atoms with E-state index in [1.807, 2.05) is 0 Å². The first kappa shape index (κ1) is 12.4. The lowest BCUT2D eigenvalue weighted by Crippen LogP contribution is -2.55. The van der Waals surface area contributed by atoms with Crippen LogP contribution in [0, 0.1) is 0 Å². The van der Waals surface area contributed by atoms with E-state index in [4.69, 9.17) is 17.3 Å².